The third-order valence-electron chi connectivity index (χ3n) is 5.02. The molecule has 2 aliphatic rings. The molecule has 1 atom stereocenters. The molecule has 26 heavy (non-hydrogen) atoms. The number of fused-ring (bicyclic) bond motifs is 1. The normalized spacial score (nSPS) is 19.8. The van der Waals surface area contributed by atoms with Crippen LogP contribution in [0.3, 0.4) is 0 Å². The Balaban J connectivity index is 0.00000196. The average Bonchev–Trinajstić information content (AvgIpc) is 3.17. The van der Waals surface area contributed by atoms with Gasteiger partial charge < -0.3 is 15.4 Å². The van der Waals surface area contributed by atoms with Gasteiger partial charge in [0.2, 0.25) is 0 Å². The molecule has 140 valence electrons. The Labute approximate surface area is 158 Å². The minimum absolute atomic E-state index is 0. The molecule has 0 radical (unpaired) electrons. The molecule has 3 heterocycles. The summed E-state index contributed by atoms with van der Waals surface area (Å²) in [5, 5.41) is 14.5. The van der Waals surface area contributed by atoms with Gasteiger partial charge in [-0.2, -0.15) is 0 Å². The number of carbonyl (C=O) groups excluding carboxylic acids is 1. The van der Waals surface area contributed by atoms with Crippen LogP contribution in [-0.4, -0.2) is 47.1 Å². The molecule has 2 aliphatic heterocycles. The lowest BCUT2D eigenvalue weighted by Gasteiger charge is -2.25. The summed E-state index contributed by atoms with van der Waals surface area (Å²) in [6, 6.07) is 8.36. The number of nitrogens with one attached hydrogen (secondary N) is 2. The molecule has 0 spiro atoms. The van der Waals surface area contributed by atoms with Crippen LogP contribution in [0.4, 0.5) is 0 Å². The van der Waals surface area contributed by atoms with E-state index in [1.807, 2.05) is 22.9 Å². The van der Waals surface area contributed by atoms with Gasteiger partial charge in [0, 0.05) is 12.5 Å². The topological polar surface area (TPSA) is 81.1 Å². The number of nitrogens with zero attached hydrogens (tertiary/aromatic N) is 3. The van der Waals surface area contributed by atoms with Gasteiger partial charge in [-0.15, -0.1) is 17.5 Å². The van der Waals surface area contributed by atoms with Crippen molar-refractivity contribution in [3.8, 4) is 5.75 Å². The number of aromatic nitrogens is 3. The summed E-state index contributed by atoms with van der Waals surface area (Å²) in [4.78, 5) is 12.4. The summed E-state index contributed by atoms with van der Waals surface area (Å²) in [6.45, 7) is 3.23. The van der Waals surface area contributed by atoms with Crippen LogP contribution in [0.25, 0.3) is 0 Å². The number of hydrogen-bond acceptors (Lipinski definition) is 5. The summed E-state index contributed by atoms with van der Waals surface area (Å²) in [6.07, 6.45) is 4.70. The van der Waals surface area contributed by atoms with Gasteiger partial charge >= 0.3 is 0 Å². The summed E-state index contributed by atoms with van der Waals surface area (Å²) in [5.41, 5.74) is 1.55. The van der Waals surface area contributed by atoms with Gasteiger partial charge in [0.15, 0.2) is 5.69 Å². The number of para-hydroxylation sites is 1. The van der Waals surface area contributed by atoms with Gasteiger partial charge in [0.25, 0.3) is 5.91 Å². The number of amides is 1. The lowest BCUT2D eigenvalue weighted by molar-refractivity contribution is 0.0943. The van der Waals surface area contributed by atoms with E-state index < -0.39 is 0 Å². The molecule has 0 saturated carbocycles. The van der Waals surface area contributed by atoms with Crippen molar-refractivity contribution in [3.05, 3.63) is 41.7 Å². The number of hydrogen-bond donors (Lipinski definition) is 2. The standard InChI is InChI=1S/C18H23N5O2.ClH/c24-18(16-12-23(22-21-16)14-5-8-19-9-6-14)20-11-13-7-10-25-17-4-2-1-3-15(13)17;/h1-4,12-14,19H,5-11H2,(H,20,24);1H. The second-order valence-electron chi connectivity index (χ2n) is 6.65. The van der Waals surface area contributed by atoms with Crippen molar-refractivity contribution in [2.45, 2.75) is 31.2 Å². The van der Waals surface area contributed by atoms with Crippen molar-refractivity contribution in [3.63, 3.8) is 0 Å². The highest BCUT2D eigenvalue weighted by atomic mass is 35.5. The van der Waals surface area contributed by atoms with Crippen LogP contribution >= 0.6 is 12.4 Å². The fraction of sp³-hybridized carbons (Fsp3) is 0.500. The number of benzene rings is 1. The van der Waals surface area contributed by atoms with Gasteiger partial charge in [0.1, 0.15) is 5.75 Å². The maximum Gasteiger partial charge on any atom is 0.273 e. The van der Waals surface area contributed by atoms with E-state index in [1.165, 1.54) is 0 Å². The van der Waals surface area contributed by atoms with Gasteiger partial charge in [-0.3, -0.25) is 4.79 Å². The molecule has 2 aromatic rings. The van der Waals surface area contributed by atoms with Crippen LogP contribution in [0.5, 0.6) is 5.75 Å². The average molecular weight is 378 g/mol. The minimum atomic E-state index is -0.163. The predicted molar refractivity (Wildman–Crippen MR) is 100 cm³/mol. The molecule has 8 heteroatoms. The van der Waals surface area contributed by atoms with Crippen molar-refractivity contribution in [1.82, 2.24) is 25.6 Å². The summed E-state index contributed by atoms with van der Waals surface area (Å²) >= 11 is 0. The molecular weight excluding hydrogens is 354 g/mol. The summed E-state index contributed by atoms with van der Waals surface area (Å²) in [7, 11) is 0. The quantitative estimate of drug-likeness (QED) is 0.850. The minimum Gasteiger partial charge on any atom is -0.493 e. The first-order chi connectivity index (χ1) is 12.3. The van der Waals surface area contributed by atoms with E-state index in [0.29, 0.717) is 24.9 Å². The van der Waals surface area contributed by atoms with Crippen LogP contribution in [0.15, 0.2) is 30.5 Å². The molecule has 1 aromatic carbocycles. The fourth-order valence-electron chi connectivity index (χ4n) is 3.56. The zero-order valence-electron chi connectivity index (χ0n) is 14.6. The van der Waals surface area contributed by atoms with E-state index in [2.05, 4.69) is 27.0 Å². The first kappa shape index (κ1) is 18.7. The maximum atomic E-state index is 12.4. The summed E-state index contributed by atoms with van der Waals surface area (Å²) < 4.78 is 7.50. The Kier molecular flexibility index (Phi) is 6.11. The Morgan fingerprint density at radius 2 is 2.08 bits per heavy atom. The number of piperidine rings is 1. The van der Waals surface area contributed by atoms with Crippen LogP contribution in [0, 0.1) is 0 Å². The maximum absolute atomic E-state index is 12.4. The van der Waals surface area contributed by atoms with Crippen LogP contribution in [0.1, 0.15) is 47.3 Å². The van der Waals surface area contributed by atoms with E-state index in [9.17, 15) is 4.79 Å². The fourth-order valence-corrected chi connectivity index (χ4v) is 3.56. The van der Waals surface area contributed by atoms with Crippen molar-refractivity contribution in [2.24, 2.45) is 0 Å². The van der Waals surface area contributed by atoms with Crippen LogP contribution in [-0.2, 0) is 0 Å². The molecule has 4 rings (SSSR count). The SMILES string of the molecule is Cl.O=C(NCC1CCOc2ccccc21)c1cn(C2CCNCC2)nn1. The van der Waals surface area contributed by atoms with E-state index >= 15 is 0 Å². The number of halogens is 1. The Morgan fingerprint density at radius 3 is 2.92 bits per heavy atom. The van der Waals surface area contributed by atoms with Gasteiger partial charge in [0.05, 0.1) is 18.8 Å². The van der Waals surface area contributed by atoms with E-state index in [4.69, 9.17) is 4.74 Å². The summed E-state index contributed by atoms with van der Waals surface area (Å²) in [5.74, 6) is 1.03. The molecular formula is C18H24ClN5O2. The third kappa shape index (κ3) is 3.99. The van der Waals surface area contributed by atoms with E-state index in [1.54, 1.807) is 6.20 Å². The second-order valence-corrected chi connectivity index (χ2v) is 6.65. The molecule has 7 nitrogen and oxygen atoms in total. The largest absolute Gasteiger partial charge is 0.493 e. The molecule has 1 fully saturated rings. The van der Waals surface area contributed by atoms with Crippen molar-refractivity contribution in [2.75, 3.05) is 26.2 Å². The van der Waals surface area contributed by atoms with Crippen LogP contribution < -0.4 is 15.4 Å². The lowest BCUT2D eigenvalue weighted by Crippen LogP contribution is -2.31. The van der Waals surface area contributed by atoms with Gasteiger partial charge in [-0.05, 0) is 44.0 Å². The zero-order valence-corrected chi connectivity index (χ0v) is 15.4. The molecule has 1 amide bonds. The molecule has 2 N–H and O–H groups in total. The second kappa shape index (κ2) is 8.51. The van der Waals surface area contributed by atoms with E-state index in [0.717, 1.165) is 43.7 Å². The zero-order chi connectivity index (χ0) is 17.1. The number of ether oxygens (including phenoxy) is 1. The Hall–Kier alpha value is -2.12. The van der Waals surface area contributed by atoms with Crippen molar-refractivity contribution in [1.29, 1.82) is 0 Å². The van der Waals surface area contributed by atoms with Gasteiger partial charge in [-0.25, -0.2) is 4.68 Å². The monoisotopic (exact) mass is 377 g/mol. The van der Waals surface area contributed by atoms with Crippen LogP contribution in [0.2, 0.25) is 0 Å². The Bertz CT molecular complexity index is 745. The van der Waals surface area contributed by atoms with Crippen molar-refractivity contribution < 1.29 is 9.53 Å². The molecule has 1 aromatic heterocycles. The first-order valence-corrected chi connectivity index (χ1v) is 8.94. The highest BCUT2D eigenvalue weighted by molar-refractivity contribution is 5.91. The molecule has 0 aliphatic carbocycles. The highest BCUT2D eigenvalue weighted by Gasteiger charge is 2.23. The van der Waals surface area contributed by atoms with Crippen molar-refractivity contribution >= 4 is 18.3 Å². The lowest BCUT2D eigenvalue weighted by atomic mass is 9.93. The highest BCUT2D eigenvalue weighted by Crippen LogP contribution is 2.32. The van der Waals surface area contributed by atoms with Gasteiger partial charge in [-0.1, -0.05) is 23.4 Å². The molecule has 0 bridgehead atoms. The molecule has 1 unspecified atom stereocenters. The number of carbonyl (C=O) groups is 1. The molecule has 1 saturated heterocycles. The smallest absolute Gasteiger partial charge is 0.273 e. The third-order valence-corrected chi connectivity index (χ3v) is 5.02. The van der Waals surface area contributed by atoms with E-state index in [-0.39, 0.29) is 24.2 Å². The predicted octanol–water partition coefficient (Wildman–Crippen LogP) is 1.92. The first-order valence-electron chi connectivity index (χ1n) is 8.94. The number of rotatable bonds is 4. The Morgan fingerprint density at radius 1 is 1.27 bits per heavy atom.